The smallest absolute Gasteiger partial charge is 0.251 e. The molecule has 0 radical (unpaired) electrons. The average molecular weight is 461 g/mol. The molecule has 0 bridgehead atoms. The van der Waals surface area contributed by atoms with Crippen LogP contribution < -0.4 is 15.4 Å². The lowest BCUT2D eigenvalue weighted by molar-refractivity contribution is 0.0936. The van der Waals surface area contributed by atoms with Crippen LogP contribution in [0.25, 0.3) is 10.9 Å². The molecule has 4 aromatic rings. The number of carbonyl (C=O) groups excluding carboxylic acids is 1. The highest BCUT2D eigenvalue weighted by Gasteiger charge is 2.32. The summed E-state index contributed by atoms with van der Waals surface area (Å²) in [5.74, 6) is 1.35. The van der Waals surface area contributed by atoms with Crippen LogP contribution in [0, 0.1) is 11.7 Å². The van der Waals surface area contributed by atoms with Crippen LogP contribution in [-0.4, -0.2) is 45.2 Å². The Balaban J connectivity index is 1.23. The number of pyridine rings is 1. The number of para-hydroxylation sites is 1. The number of H-pyrrole nitrogens is 2. The van der Waals surface area contributed by atoms with Crippen molar-refractivity contribution in [2.24, 2.45) is 0 Å². The average Bonchev–Trinajstić information content (AvgIpc) is 3.46. The maximum atomic E-state index is 12.8. The van der Waals surface area contributed by atoms with Gasteiger partial charge in [-0.25, -0.2) is 4.98 Å². The molecular weight excluding hydrogens is 436 g/mol. The lowest BCUT2D eigenvalue weighted by Gasteiger charge is -2.18. The molecule has 0 spiro atoms. The highest BCUT2D eigenvalue weighted by atomic mass is 32.1. The van der Waals surface area contributed by atoms with Crippen molar-refractivity contribution >= 4 is 29.0 Å². The summed E-state index contributed by atoms with van der Waals surface area (Å²) >= 11 is 5.04. The van der Waals surface area contributed by atoms with Gasteiger partial charge in [-0.3, -0.25) is 20.0 Å². The number of nitrogens with one attached hydrogen (secondary N) is 4. The van der Waals surface area contributed by atoms with Crippen molar-refractivity contribution in [1.29, 1.82) is 0 Å². The Morgan fingerprint density at radius 3 is 2.73 bits per heavy atom. The molecule has 0 saturated carbocycles. The molecule has 1 amide bonds. The highest BCUT2D eigenvalue weighted by Crippen LogP contribution is 2.22. The molecule has 168 valence electrons. The molecular formula is C24H24N6O2S. The topological polar surface area (TPSA) is 108 Å². The summed E-state index contributed by atoms with van der Waals surface area (Å²) < 4.78 is 6.42. The van der Waals surface area contributed by atoms with Crippen molar-refractivity contribution in [2.75, 3.05) is 13.1 Å². The summed E-state index contributed by atoms with van der Waals surface area (Å²) in [6, 6.07) is 17.2. The predicted molar refractivity (Wildman–Crippen MR) is 128 cm³/mol. The van der Waals surface area contributed by atoms with Crippen LogP contribution in [0.4, 0.5) is 0 Å². The van der Waals surface area contributed by atoms with Crippen LogP contribution in [0.2, 0.25) is 0 Å². The van der Waals surface area contributed by atoms with Crippen molar-refractivity contribution in [2.45, 2.75) is 25.5 Å². The van der Waals surface area contributed by atoms with Crippen molar-refractivity contribution in [3.05, 3.63) is 82.0 Å². The number of hydrogen-bond acceptors (Lipinski definition) is 6. The fourth-order valence-corrected chi connectivity index (χ4v) is 4.36. The fraction of sp³-hybridized carbons (Fsp3) is 0.250. The van der Waals surface area contributed by atoms with E-state index in [1.165, 1.54) is 0 Å². The zero-order chi connectivity index (χ0) is 22.8. The number of hydrogen-bond donors (Lipinski definition) is 4. The third kappa shape index (κ3) is 4.64. The van der Waals surface area contributed by atoms with Crippen LogP contribution in [0.5, 0.6) is 5.75 Å². The Morgan fingerprint density at radius 1 is 1.12 bits per heavy atom. The van der Waals surface area contributed by atoms with Crippen molar-refractivity contribution in [3.8, 4) is 5.75 Å². The van der Waals surface area contributed by atoms with E-state index in [-0.39, 0.29) is 17.9 Å². The largest absolute Gasteiger partial charge is 0.489 e. The second-order valence-electron chi connectivity index (χ2n) is 8.15. The maximum Gasteiger partial charge on any atom is 0.251 e. The quantitative estimate of drug-likeness (QED) is 0.329. The highest BCUT2D eigenvalue weighted by molar-refractivity contribution is 7.71. The van der Waals surface area contributed by atoms with Gasteiger partial charge in [0.15, 0.2) is 0 Å². The molecule has 2 atom stereocenters. The second-order valence-corrected chi connectivity index (χ2v) is 8.54. The number of carbonyl (C=O) groups is 1. The Bertz CT molecular complexity index is 1350. The summed E-state index contributed by atoms with van der Waals surface area (Å²) in [5, 5.41) is 13.3. The van der Waals surface area contributed by atoms with Gasteiger partial charge >= 0.3 is 0 Å². The molecule has 2 aromatic heterocycles. The van der Waals surface area contributed by atoms with E-state index in [0.717, 1.165) is 34.5 Å². The van der Waals surface area contributed by atoms with Gasteiger partial charge in [0.25, 0.3) is 5.91 Å². The normalized spacial score (nSPS) is 17.8. The summed E-state index contributed by atoms with van der Waals surface area (Å²) in [4.78, 5) is 21.7. The Morgan fingerprint density at radius 2 is 1.94 bits per heavy atom. The number of nitrogens with zero attached hydrogens (tertiary/aromatic N) is 2. The lowest BCUT2D eigenvalue weighted by atomic mass is 10.0. The van der Waals surface area contributed by atoms with Gasteiger partial charge in [-0.05, 0) is 55.5 Å². The minimum Gasteiger partial charge on any atom is -0.489 e. The van der Waals surface area contributed by atoms with E-state index in [1.807, 2.05) is 43.3 Å². The minimum absolute atomic E-state index is 0.0307. The molecule has 0 unspecified atom stereocenters. The summed E-state index contributed by atoms with van der Waals surface area (Å²) in [6.07, 6.45) is 0. The molecule has 0 aliphatic carbocycles. The van der Waals surface area contributed by atoms with Gasteiger partial charge in [0.05, 0.1) is 17.5 Å². The third-order valence-corrected chi connectivity index (χ3v) is 6.04. The molecule has 9 heteroatoms. The molecule has 3 heterocycles. The second kappa shape index (κ2) is 9.13. The number of benzene rings is 2. The number of aromatic amines is 2. The SMILES string of the molecule is Cc1cc(COc2ccc(C(=O)N[C@H]3CNC[C@@H]3c3nc(=S)[nH][nH]3)cc2)c2ccccc2n1. The number of fused-ring (bicyclic) bond motifs is 1. The molecule has 8 nitrogen and oxygen atoms in total. The Kier molecular flexibility index (Phi) is 5.89. The van der Waals surface area contributed by atoms with Gasteiger partial charge in [0.1, 0.15) is 18.2 Å². The van der Waals surface area contributed by atoms with Crippen molar-refractivity contribution in [1.82, 2.24) is 30.8 Å². The summed E-state index contributed by atoms with van der Waals surface area (Å²) in [7, 11) is 0. The van der Waals surface area contributed by atoms with E-state index >= 15 is 0 Å². The molecule has 33 heavy (non-hydrogen) atoms. The lowest BCUT2D eigenvalue weighted by Crippen LogP contribution is -2.39. The van der Waals surface area contributed by atoms with E-state index in [2.05, 4.69) is 36.9 Å². The Labute approximate surface area is 195 Å². The molecule has 1 saturated heterocycles. The first-order valence-corrected chi connectivity index (χ1v) is 11.2. The zero-order valence-electron chi connectivity index (χ0n) is 18.1. The monoisotopic (exact) mass is 460 g/mol. The van der Waals surface area contributed by atoms with Crippen LogP contribution in [0.1, 0.15) is 33.4 Å². The number of amides is 1. The number of aromatic nitrogens is 4. The van der Waals surface area contributed by atoms with E-state index in [9.17, 15) is 4.79 Å². The maximum absolute atomic E-state index is 12.8. The first-order valence-electron chi connectivity index (χ1n) is 10.8. The molecule has 5 rings (SSSR count). The molecule has 1 fully saturated rings. The van der Waals surface area contributed by atoms with E-state index in [4.69, 9.17) is 17.0 Å². The van der Waals surface area contributed by atoms with Crippen LogP contribution in [0.3, 0.4) is 0 Å². The number of rotatable bonds is 6. The molecule has 1 aliphatic heterocycles. The van der Waals surface area contributed by atoms with Gasteiger partial charge in [-0.2, -0.15) is 0 Å². The summed E-state index contributed by atoms with van der Waals surface area (Å²) in [6.45, 7) is 3.80. The van der Waals surface area contributed by atoms with Crippen LogP contribution >= 0.6 is 12.2 Å². The van der Waals surface area contributed by atoms with Crippen LogP contribution in [0.15, 0.2) is 54.6 Å². The van der Waals surface area contributed by atoms with Crippen molar-refractivity contribution in [3.63, 3.8) is 0 Å². The van der Waals surface area contributed by atoms with Gasteiger partial charge in [-0.15, -0.1) is 0 Å². The van der Waals surface area contributed by atoms with E-state index in [1.54, 1.807) is 12.1 Å². The molecule has 4 N–H and O–H groups in total. The van der Waals surface area contributed by atoms with Crippen LogP contribution in [-0.2, 0) is 6.61 Å². The number of aryl methyl sites for hydroxylation is 1. The zero-order valence-corrected chi connectivity index (χ0v) is 18.9. The minimum atomic E-state index is -0.134. The van der Waals surface area contributed by atoms with Gasteiger partial charge < -0.3 is 15.4 Å². The first kappa shape index (κ1) is 21.3. The van der Waals surface area contributed by atoms with Gasteiger partial charge in [0, 0.05) is 35.3 Å². The first-order chi connectivity index (χ1) is 16.1. The Hall–Kier alpha value is -3.56. The standard InChI is InChI=1S/C24H24N6O2S/c1-14-10-16(18-4-2-3-5-20(18)26-14)13-32-17-8-6-15(7-9-17)23(31)27-21-12-25-11-19(21)22-28-24(33)30-29-22/h2-10,19,21,25H,11-13H2,1H3,(H,27,31)(H2,28,29,30,33)/t19-,21-/m0/s1. The summed E-state index contributed by atoms with van der Waals surface area (Å²) in [5.41, 5.74) is 3.57. The van der Waals surface area contributed by atoms with E-state index in [0.29, 0.717) is 29.2 Å². The van der Waals surface area contributed by atoms with Gasteiger partial charge in [0.2, 0.25) is 4.77 Å². The predicted octanol–water partition coefficient (Wildman–Crippen LogP) is 3.39. The fourth-order valence-electron chi connectivity index (χ4n) is 4.21. The van der Waals surface area contributed by atoms with Crippen molar-refractivity contribution < 1.29 is 9.53 Å². The molecule has 1 aliphatic rings. The molecule has 2 aromatic carbocycles. The number of ether oxygens (including phenoxy) is 1. The van der Waals surface area contributed by atoms with Gasteiger partial charge in [-0.1, -0.05) is 18.2 Å². The third-order valence-electron chi connectivity index (χ3n) is 5.84. The van der Waals surface area contributed by atoms with E-state index < -0.39 is 0 Å².